The molecule has 1 aromatic carbocycles. The maximum Gasteiger partial charge on any atom is 0.325 e. The molecule has 3 N–H and O–H groups in total. The summed E-state index contributed by atoms with van der Waals surface area (Å²) in [5.74, 6) is -0.390. The molecule has 0 unspecified atom stereocenters. The number of hydrogen-bond acceptors (Lipinski definition) is 5. The fourth-order valence-corrected chi connectivity index (χ4v) is 4.01. The first-order valence-corrected chi connectivity index (χ1v) is 10.6. The third kappa shape index (κ3) is 6.13. The van der Waals surface area contributed by atoms with Crippen molar-refractivity contribution >= 4 is 34.9 Å². The van der Waals surface area contributed by atoms with E-state index in [0.29, 0.717) is 24.3 Å². The van der Waals surface area contributed by atoms with Crippen LogP contribution in [0.25, 0.3) is 0 Å². The lowest BCUT2D eigenvalue weighted by atomic mass is 10.0. The lowest BCUT2D eigenvalue weighted by molar-refractivity contribution is -0.121. The molecule has 0 aliphatic carbocycles. The Labute approximate surface area is 174 Å². The van der Waals surface area contributed by atoms with Crippen molar-refractivity contribution < 1.29 is 14.4 Å². The Morgan fingerprint density at radius 3 is 2.55 bits per heavy atom. The van der Waals surface area contributed by atoms with E-state index in [9.17, 15) is 14.4 Å². The number of thiophene rings is 1. The van der Waals surface area contributed by atoms with Crippen LogP contribution in [0.3, 0.4) is 0 Å². The summed E-state index contributed by atoms with van der Waals surface area (Å²) in [5, 5.41) is 11.8. The summed E-state index contributed by atoms with van der Waals surface area (Å²) in [6.45, 7) is 5.44. The molecule has 0 bridgehead atoms. The highest BCUT2D eigenvalue weighted by molar-refractivity contribution is 7.08. The van der Waals surface area contributed by atoms with Gasteiger partial charge in [0.05, 0.1) is 6.54 Å². The topological polar surface area (TPSA) is 90.5 Å². The van der Waals surface area contributed by atoms with Crippen molar-refractivity contribution in [2.75, 3.05) is 25.0 Å². The van der Waals surface area contributed by atoms with Crippen molar-refractivity contribution in [3.8, 4) is 0 Å². The molecule has 1 aliphatic rings. The molecule has 4 amide bonds. The summed E-state index contributed by atoms with van der Waals surface area (Å²) in [4.78, 5) is 38.4. The zero-order chi connectivity index (χ0) is 20.8. The van der Waals surface area contributed by atoms with Crippen LogP contribution in [-0.2, 0) is 4.79 Å². The maximum absolute atomic E-state index is 12.2. The van der Waals surface area contributed by atoms with Gasteiger partial charge >= 0.3 is 6.03 Å². The number of anilines is 1. The number of hydrogen-bond donors (Lipinski definition) is 3. The molecule has 3 rings (SSSR count). The number of carbonyl (C=O) groups excluding carboxylic acids is 3. The van der Waals surface area contributed by atoms with Crippen molar-refractivity contribution in [1.82, 2.24) is 15.5 Å². The summed E-state index contributed by atoms with van der Waals surface area (Å²) in [6.07, 6.45) is 1.55. The van der Waals surface area contributed by atoms with Crippen molar-refractivity contribution in [2.24, 2.45) is 0 Å². The van der Waals surface area contributed by atoms with E-state index in [0.717, 1.165) is 24.0 Å². The second kappa shape index (κ2) is 9.67. The first-order chi connectivity index (χ1) is 13.9. The third-order valence-electron chi connectivity index (χ3n) is 4.96. The fraction of sp³-hybridized carbons (Fsp3) is 0.381. The van der Waals surface area contributed by atoms with Gasteiger partial charge in [-0.05, 0) is 49.8 Å². The van der Waals surface area contributed by atoms with Gasteiger partial charge in [0, 0.05) is 35.8 Å². The molecular weight excluding hydrogens is 388 g/mol. The summed E-state index contributed by atoms with van der Waals surface area (Å²) >= 11 is 1.50. The highest BCUT2D eigenvalue weighted by Gasteiger charge is 2.23. The number of nitrogens with zero attached hydrogens (tertiary/aromatic N) is 1. The number of carbonyl (C=O) groups is 3. The van der Waals surface area contributed by atoms with Gasteiger partial charge in [-0.2, -0.15) is 11.3 Å². The number of urea groups is 1. The fourth-order valence-electron chi connectivity index (χ4n) is 3.37. The molecule has 29 heavy (non-hydrogen) atoms. The Bertz CT molecular complexity index is 874. The van der Waals surface area contributed by atoms with E-state index < -0.39 is 6.03 Å². The second-order valence-corrected chi connectivity index (χ2v) is 8.14. The van der Waals surface area contributed by atoms with E-state index in [4.69, 9.17) is 0 Å². The molecule has 0 radical (unpaired) electrons. The highest BCUT2D eigenvalue weighted by Crippen LogP contribution is 2.16. The second-order valence-electron chi connectivity index (χ2n) is 7.36. The molecule has 2 aromatic rings. The minimum absolute atomic E-state index is 0.0505. The molecular formula is C21H26N4O3S. The van der Waals surface area contributed by atoms with Crippen LogP contribution in [0.15, 0.2) is 35.0 Å². The number of benzene rings is 1. The smallest absolute Gasteiger partial charge is 0.325 e. The molecule has 1 saturated heterocycles. The number of aryl methyl sites for hydroxylation is 2. The van der Waals surface area contributed by atoms with Gasteiger partial charge in [-0.1, -0.05) is 17.7 Å². The van der Waals surface area contributed by atoms with Gasteiger partial charge in [0.1, 0.15) is 0 Å². The first-order valence-electron chi connectivity index (χ1n) is 9.64. The molecule has 8 heteroatoms. The molecule has 1 aromatic heterocycles. The van der Waals surface area contributed by atoms with E-state index in [2.05, 4.69) is 16.0 Å². The molecule has 0 spiro atoms. The minimum atomic E-state index is -0.528. The molecule has 2 heterocycles. The quantitative estimate of drug-likeness (QED) is 0.702. The standard InChI is InChI=1S/C21H26N4O3S/c1-14-3-4-18(15(2)11-14)23-21(28)24-19(26)12-25-8-5-17(6-9-25)22-20(27)16-7-10-29-13-16/h3-4,7,10-11,13,17H,5-6,8-9,12H2,1-2H3,(H,22,27)(H2,23,24,26,28). The van der Waals surface area contributed by atoms with Gasteiger partial charge in [0.15, 0.2) is 0 Å². The van der Waals surface area contributed by atoms with E-state index >= 15 is 0 Å². The van der Waals surface area contributed by atoms with Crippen molar-refractivity contribution in [1.29, 1.82) is 0 Å². The predicted molar refractivity (Wildman–Crippen MR) is 114 cm³/mol. The van der Waals surface area contributed by atoms with E-state index in [1.165, 1.54) is 11.3 Å². The van der Waals surface area contributed by atoms with Crippen LogP contribution >= 0.6 is 11.3 Å². The maximum atomic E-state index is 12.2. The molecule has 1 aliphatic heterocycles. The molecule has 154 valence electrons. The molecule has 1 fully saturated rings. The van der Waals surface area contributed by atoms with Crippen molar-refractivity contribution in [2.45, 2.75) is 32.7 Å². The monoisotopic (exact) mass is 414 g/mol. The van der Waals surface area contributed by atoms with Gasteiger partial charge in [-0.15, -0.1) is 0 Å². The number of likely N-dealkylation sites (tertiary alicyclic amines) is 1. The van der Waals surface area contributed by atoms with Gasteiger partial charge < -0.3 is 10.6 Å². The Balaban J connectivity index is 1.39. The van der Waals surface area contributed by atoms with Gasteiger partial charge in [-0.3, -0.25) is 19.8 Å². The Morgan fingerprint density at radius 1 is 1.14 bits per heavy atom. The van der Waals surface area contributed by atoms with Crippen LogP contribution in [0.1, 0.15) is 34.3 Å². The van der Waals surface area contributed by atoms with Gasteiger partial charge in [0.2, 0.25) is 5.91 Å². The Hall–Kier alpha value is -2.71. The van der Waals surface area contributed by atoms with Crippen molar-refractivity contribution in [3.05, 3.63) is 51.7 Å². The van der Waals surface area contributed by atoms with Crippen LogP contribution in [0.2, 0.25) is 0 Å². The van der Waals surface area contributed by atoms with Crippen LogP contribution in [0.5, 0.6) is 0 Å². The number of amides is 4. The molecule has 0 atom stereocenters. The summed E-state index contributed by atoms with van der Waals surface area (Å²) in [5.41, 5.74) is 3.42. The average molecular weight is 415 g/mol. The number of imide groups is 1. The van der Waals surface area contributed by atoms with E-state index in [1.54, 1.807) is 0 Å². The predicted octanol–water partition coefficient (Wildman–Crippen LogP) is 2.91. The third-order valence-corrected chi connectivity index (χ3v) is 5.64. The zero-order valence-corrected chi connectivity index (χ0v) is 17.5. The number of nitrogens with one attached hydrogen (secondary N) is 3. The van der Waals surface area contributed by atoms with Crippen LogP contribution in [-0.4, -0.2) is 48.4 Å². The van der Waals surface area contributed by atoms with Crippen LogP contribution < -0.4 is 16.0 Å². The summed E-state index contributed by atoms with van der Waals surface area (Å²) in [7, 11) is 0. The largest absolute Gasteiger partial charge is 0.349 e. The highest BCUT2D eigenvalue weighted by atomic mass is 32.1. The number of piperidine rings is 1. The van der Waals surface area contributed by atoms with Gasteiger partial charge in [-0.25, -0.2) is 4.79 Å². The SMILES string of the molecule is Cc1ccc(NC(=O)NC(=O)CN2CCC(NC(=O)c3ccsc3)CC2)c(C)c1. The van der Waals surface area contributed by atoms with E-state index in [1.807, 2.05) is 53.8 Å². The van der Waals surface area contributed by atoms with Gasteiger partial charge in [0.25, 0.3) is 5.91 Å². The van der Waals surface area contributed by atoms with Crippen LogP contribution in [0, 0.1) is 13.8 Å². The number of rotatable bonds is 5. The minimum Gasteiger partial charge on any atom is -0.349 e. The zero-order valence-electron chi connectivity index (χ0n) is 16.7. The summed E-state index contributed by atoms with van der Waals surface area (Å²) < 4.78 is 0. The molecule has 0 saturated carbocycles. The molecule has 7 nitrogen and oxygen atoms in total. The van der Waals surface area contributed by atoms with Crippen LogP contribution in [0.4, 0.5) is 10.5 Å². The summed E-state index contributed by atoms with van der Waals surface area (Å²) in [6, 6.07) is 7.09. The normalized spacial score (nSPS) is 15.0. The van der Waals surface area contributed by atoms with E-state index in [-0.39, 0.29) is 24.4 Å². The van der Waals surface area contributed by atoms with Crippen molar-refractivity contribution in [3.63, 3.8) is 0 Å². The average Bonchev–Trinajstić information content (AvgIpc) is 3.20. The Kier molecular flexibility index (Phi) is 7.00. The first kappa shape index (κ1) is 21.0. The Morgan fingerprint density at radius 2 is 1.90 bits per heavy atom. The lowest BCUT2D eigenvalue weighted by Gasteiger charge is -2.31. The lowest BCUT2D eigenvalue weighted by Crippen LogP contribution is -2.48.